The van der Waals surface area contributed by atoms with E-state index in [1.807, 2.05) is 38.1 Å². The van der Waals surface area contributed by atoms with Crippen LogP contribution in [0, 0.1) is 32.1 Å². The lowest BCUT2D eigenvalue weighted by molar-refractivity contribution is -0.112. The van der Waals surface area contributed by atoms with E-state index in [2.05, 4.69) is 10.5 Å². The molecule has 0 atom stereocenters. The first kappa shape index (κ1) is 24.7. The Bertz CT molecular complexity index is 1260. The molecule has 0 saturated heterocycles. The first-order valence-electron chi connectivity index (χ1n) is 10.4. The molecule has 0 saturated carbocycles. The molecule has 8 nitrogen and oxygen atoms in total. The van der Waals surface area contributed by atoms with Gasteiger partial charge in [-0.1, -0.05) is 28.9 Å². The van der Waals surface area contributed by atoms with E-state index in [1.54, 1.807) is 25.1 Å². The van der Waals surface area contributed by atoms with Crippen LogP contribution >= 0.6 is 11.6 Å². The fourth-order valence-corrected chi connectivity index (χ4v) is 3.32. The van der Waals surface area contributed by atoms with Crippen molar-refractivity contribution in [2.45, 2.75) is 20.8 Å². The smallest absolute Gasteiger partial charge is 0.267 e. The van der Waals surface area contributed by atoms with Crippen LogP contribution in [-0.2, 0) is 4.79 Å². The third-order valence-corrected chi connectivity index (χ3v) is 5.01. The van der Waals surface area contributed by atoms with Crippen molar-refractivity contribution in [1.82, 2.24) is 5.16 Å². The van der Waals surface area contributed by atoms with Crippen molar-refractivity contribution in [2.75, 3.05) is 25.6 Å². The number of hydrogen-bond acceptors (Lipinski definition) is 7. The van der Waals surface area contributed by atoms with Gasteiger partial charge in [-0.05, 0) is 61.7 Å². The zero-order chi connectivity index (χ0) is 24.7. The van der Waals surface area contributed by atoms with Crippen molar-refractivity contribution < 1.29 is 23.5 Å². The minimum atomic E-state index is -0.630. The SMILES string of the molecule is COc1cc(/C=C(/C#N)C(=O)Nc2cc(C)on2)cc(Cl)c1OCCOc1cc(C)ccc1C. The van der Waals surface area contributed by atoms with E-state index in [9.17, 15) is 10.1 Å². The third kappa shape index (κ3) is 6.30. The molecule has 1 N–H and O–H groups in total. The Morgan fingerprint density at radius 1 is 1.15 bits per heavy atom. The quantitative estimate of drug-likeness (QED) is 0.252. The summed E-state index contributed by atoms with van der Waals surface area (Å²) in [7, 11) is 1.48. The molecule has 0 spiro atoms. The van der Waals surface area contributed by atoms with Crippen molar-refractivity contribution in [3.63, 3.8) is 0 Å². The maximum absolute atomic E-state index is 12.4. The monoisotopic (exact) mass is 481 g/mol. The molecule has 1 amide bonds. The summed E-state index contributed by atoms with van der Waals surface area (Å²) < 4.78 is 21.9. The number of carbonyl (C=O) groups is 1. The molecule has 0 fully saturated rings. The Balaban J connectivity index is 1.69. The van der Waals surface area contributed by atoms with Gasteiger partial charge in [-0.3, -0.25) is 4.79 Å². The largest absolute Gasteiger partial charge is 0.493 e. The second-order valence-corrected chi connectivity index (χ2v) is 7.85. The van der Waals surface area contributed by atoms with Crippen LogP contribution < -0.4 is 19.5 Å². The predicted molar refractivity (Wildman–Crippen MR) is 128 cm³/mol. The molecule has 34 heavy (non-hydrogen) atoms. The Morgan fingerprint density at radius 3 is 2.59 bits per heavy atom. The fourth-order valence-electron chi connectivity index (χ4n) is 3.05. The molecule has 1 heterocycles. The lowest BCUT2D eigenvalue weighted by Crippen LogP contribution is -2.13. The second kappa shape index (κ2) is 11.3. The molecular weight excluding hydrogens is 458 g/mol. The number of nitrogens with zero attached hydrogens (tertiary/aromatic N) is 2. The first-order chi connectivity index (χ1) is 16.3. The van der Waals surface area contributed by atoms with Crippen molar-refractivity contribution in [3.05, 3.63) is 69.4 Å². The number of halogens is 1. The van der Waals surface area contributed by atoms with Gasteiger partial charge in [0.2, 0.25) is 0 Å². The van der Waals surface area contributed by atoms with Gasteiger partial charge in [-0.2, -0.15) is 5.26 Å². The molecule has 3 aromatic rings. The summed E-state index contributed by atoms with van der Waals surface area (Å²) in [5.74, 6) is 1.61. The van der Waals surface area contributed by atoms with Gasteiger partial charge in [0.1, 0.15) is 36.4 Å². The molecule has 0 aliphatic rings. The number of hydrogen-bond donors (Lipinski definition) is 1. The lowest BCUT2D eigenvalue weighted by atomic mass is 10.1. The number of nitrogens with one attached hydrogen (secondary N) is 1. The zero-order valence-electron chi connectivity index (χ0n) is 19.3. The van der Waals surface area contributed by atoms with Crippen molar-refractivity contribution in [3.8, 4) is 23.3 Å². The first-order valence-corrected chi connectivity index (χ1v) is 10.8. The third-order valence-electron chi connectivity index (χ3n) is 4.73. The number of aromatic nitrogens is 1. The molecule has 0 bridgehead atoms. The van der Waals surface area contributed by atoms with Gasteiger partial charge in [-0.15, -0.1) is 0 Å². The molecule has 9 heteroatoms. The van der Waals surface area contributed by atoms with Gasteiger partial charge >= 0.3 is 0 Å². The van der Waals surface area contributed by atoms with E-state index >= 15 is 0 Å². The topological polar surface area (TPSA) is 107 Å². The van der Waals surface area contributed by atoms with Gasteiger partial charge in [0, 0.05) is 6.07 Å². The summed E-state index contributed by atoms with van der Waals surface area (Å²) >= 11 is 6.41. The van der Waals surface area contributed by atoms with Gasteiger partial charge in [0.05, 0.1) is 12.1 Å². The second-order valence-electron chi connectivity index (χ2n) is 7.45. The molecule has 176 valence electrons. The predicted octanol–water partition coefficient (Wildman–Crippen LogP) is 5.27. The van der Waals surface area contributed by atoms with Gasteiger partial charge < -0.3 is 24.1 Å². The Hall–Kier alpha value is -3.96. The Kier molecular flexibility index (Phi) is 8.17. The summed E-state index contributed by atoms with van der Waals surface area (Å²) in [6, 6.07) is 12.6. The number of anilines is 1. The number of methoxy groups -OCH3 is 1. The van der Waals surface area contributed by atoms with Gasteiger partial charge in [0.25, 0.3) is 5.91 Å². The van der Waals surface area contributed by atoms with E-state index in [-0.39, 0.29) is 23.0 Å². The van der Waals surface area contributed by atoms with E-state index in [0.717, 1.165) is 16.9 Å². The van der Waals surface area contributed by atoms with Crippen LogP contribution in [-0.4, -0.2) is 31.4 Å². The van der Waals surface area contributed by atoms with Gasteiger partial charge in [-0.25, -0.2) is 0 Å². The van der Waals surface area contributed by atoms with Crippen molar-refractivity contribution in [2.24, 2.45) is 0 Å². The summed E-state index contributed by atoms with van der Waals surface area (Å²) in [5.41, 5.74) is 2.49. The zero-order valence-corrected chi connectivity index (χ0v) is 20.0. The molecule has 0 aliphatic carbocycles. The van der Waals surface area contributed by atoms with Crippen LogP contribution in [0.1, 0.15) is 22.5 Å². The number of ether oxygens (including phenoxy) is 3. The number of rotatable bonds is 9. The minimum absolute atomic E-state index is 0.144. The maximum Gasteiger partial charge on any atom is 0.267 e. The highest BCUT2D eigenvalue weighted by atomic mass is 35.5. The van der Waals surface area contributed by atoms with E-state index in [4.69, 9.17) is 30.3 Å². The molecule has 0 unspecified atom stereocenters. The highest BCUT2D eigenvalue weighted by molar-refractivity contribution is 6.32. The van der Waals surface area contributed by atoms with Crippen LogP contribution in [0.25, 0.3) is 6.08 Å². The highest BCUT2D eigenvalue weighted by Crippen LogP contribution is 2.37. The summed E-state index contributed by atoms with van der Waals surface area (Å²) in [4.78, 5) is 12.4. The maximum atomic E-state index is 12.4. The van der Waals surface area contributed by atoms with Crippen molar-refractivity contribution >= 4 is 29.4 Å². The standard InChI is InChI=1S/C25H24ClN3O5/c1-15-5-6-16(2)21(9-15)32-7-8-33-24-20(26)12-18(13-22(24)31-4)11-19(14-27)25(30)28-23-10-17(3)34-29-23/h5-6,9-13H,7-8H2,1-4H3,(H,28,29,30)/b19-11-. The van der Waals surface area contributed by atoms with Crippen LogP contribution in [0.15, 0.2) is 46.5 Å². The number of nitriles is 1. The molecule has 2 aromatic carbocycles. The number of amides is 1. The molecular formula is C25H24ClN3O5. The van der Waals surface area contributed by atoms with E-state index in [0.29, 0.717) is 29.4 Å². The molecule has 0 radical (unpaired) electrons. The minimum Gasteiger partial charge on any atom is -0.493 e. The average molecular weight is 482 g/mol. The summed E-state index contributed by atoms with van der Waals surface area (Å²) in [6.07, 6.45) is 1.39. The van der Waals surface area contributed by atoms with Gasteiger partial charge in [0.15, 0.2) is 17.3 Å². The Morgan fingerprint density at radius 2 is 1.91 bits per heavy atom. The highest BCUT2D eigenvalue weighted by Gasteiger charge is 2.15. The van der Waals surface area contributed by atoms with E-state index in [1.165, 1.54) is 13.2 Å². The molecule has 0 aliphatic heterocycles. The Labute approximate surface area is 202 Å². The number of benzene rings is 2. The average Bonchev–Trinajstić information content (AvgIpc) is 3.22. The van der Waals surface area contributed by atoms with Crippen molar-refractivity contribution in [1.29, 1.82) is 5.26 Å². The lowest BCUT2D eigenvalue weighted by Gasteiger charge is -2.15. The summed E-state index contributed by atoms with van der Waals surface area (Å²) in [5, 5.41) is 15.9. The fraction of sp³-hybridized carbons (Fsp3) is 0.240. The number of carbonyl (C=O) groups excluding carboxylic acids is 1. The molecule has 3 rings (SSSR count). The van der Waals surface area contributed by atoms with Crippen LogP contribution in [0.3, 0.4) is 0 Å². The van der Waals surface area contributed by atoms with Crippen LogP contribution in [0.5, 0.6) is 17.2 Å². The molecule has 1 aromatic heterocycles. The van der Waals surface area contributed by atoms with E-state index < -0.39 is 5.91 Å². The normalized spacial score (nSPS) is 11.0. The number of aryl methyl sites for hydroxylation is 3. The van der Waals surface area contributed by atoms with Crippen LogP contribution in [0.2, 0.25) is 5.02 Å². The van der Waals surface area contributed by atoms with Crippen LogP contribution in [0.4, 0.5) is 5.82 Å². The summed E-state index contributed by atoms with van der Waals surface area (Å²) in [6.45, 7) is 6.22.